The summed E-state index contributed by atoms with van der Waals surface area (Å²) < 4.78 is 0. The largest absolute Gasteiger partial charge is 0.260 e. The van der Waals surface area contributed by atoms with E-state index in [4.69, 9.17) is 11.6 Å². The Morgan fingerprint density at radius 1 is 1.46 bits per heavy atom. The minimum Gasteiger partial charge on any atom is -0.260 e. The van der Waals surface area contributed by atoms with Gasteiger partial charge in [0.15, 0.2) is 11.0 Å². The van der Waals surface area contributed by atoms with Gasteiger partial charge in [-0.05, 0) is 18.1 Å². The van der Waals surface area contributed by atoms with Gasteiger partial charge in [-0.25, -0.2) is 0 Å². The number of rotatable bonds is 3. The SMILES string of the molecule is CC(C)/C=N/Nc1ccc(Cl)nn1. The van der Waals surface area contributed by atoms with Crippen molar-refractivity contribution in [3.63, 3.8) is 0 Å². The minimum absolute atomic E-state index is 0.374. The predicted molar refractivity (Wildman–Crippen MR) is 54.0 cm³/mol. The van der Waals surface area contributed by atoms with Crippen LogP contribution < -0.4 is 5.43 Å². The molecule has 0 radical (unpaired) electrons. The molecule has 0 atom stereocenters. The monoisotopic (exact) mass is 198 g/mol. The molecule has 0 aliphatic rings. The lowest BCUT2D eigenvalue weighted by atomic mass is 10.3. The Kier molecular flexibility index (Phi) is 3.64. The second-order valence-corrected chi connectivity index (χ2v) is 3.26. The van der Waals surface area contributed by atoms with Crippen molar-refractivity contribution in [2.24, 2.45) is 11.0 Å². The van der Waals surface area contributed by atoms with E-state index in [1.165, 1.54) is 0 Å². The van der Waals surface area contributed by atoms with Crippen LogP contribution >= 0.6 is 11.6 Å². The summed E-state index contributed by atoms with van der Waals surface area (Å²) in [5.41, 5.74) is 2.74. The summed E-state index contributed by atoms with van der Waals surface area (Å²) in [6.07, 6.45) is 1.79. The average molecular weight is 199 g/mol. The number of aromatic nitrogens is 2. The normalized spacial score (nSPS) is 11.1. The standard InChI is InChI=1S/C8H11ClN4/c1-6(2)5-10-12-8-4-3-7(9)11-13-8/h3-6H,1-2H3,(H,12,13)/b10-5+. The maximum atomic E-state index is 5.56. The van der Waals surface area contributed by atoms with Crippen molar-refractivity contribution in [3.8, 4) is 0 Å². The number of nitrogens with zero attached hydrogens (tertiary/aromatic N) is 3. The molecule has 4 nitrogen and oxygen atoms in total. The molecule has 1 rings (SSSR count). The van der Waals surface area contributed by atoms with Crippen molar-refractivity contribution in [1.29, 1.82) is 0 Å². The lowest BCUT2D eigenvalue weighted by Crippen LogP contribution is -1.96. The first-order chi connectivity index (χ1) is 6.18. The highest BCUT2D eigenvalue weighted by atomic mass is 35.5. The van der Waals surface area contributed by atoms with E-state index in [9.17, 15) is 0 Å². The Hall–Kier alpha value is -1.16. The first-order valence-corrected chi connectivity index (χ1v) is 4.34. The van der Waals surface area contributed by atoms with Crippen molar-refractivity contribution in [3.05, 3.63) is 17.3 Å². The number of halogens is 1. The predicted octanol–water partition coefficient (Wildman–Crippen LogP) is 2.18. The summed E-state index contributed by atoms with van der Waals surface area (Å²) >= 11 is 5.56. The van der Waals surface area contributed by atoms with E-state index in [1.54, 1.807) is 18.3 Å². The first-order valence-electron chi connectivity index (χ1n) is 3.97. The van der Waals surface area contributed by atoms with Crippen LogP contribution in [0.4, 0.5) is 5.82 Å². The minimum atomic E-state index is 0.374. The second kappa shape index (κ2) is 4.77. The van der Waals surface area contributed by atoms with Crippen LogP contribution in [-0.4, -0.2) is 16.4 Å². The van der Waals surface area contributed by atoms with Crippen LogP contribution in [0.15, 0.2) is 17.2 Å². The maximum Gasteiger partial charge on any atom is 0.168 e. The summed E-state index contributed by atoms with van der Waals surface area (Å²) in [4.78, 5) is 0. The van der Waals surface area contributed by atoms with E-state index in [0.717, 1.165) is 0 Å². The van der Waals surface area contributed by atoms with Crippen molar-refractivity contribution >= 4 is 23.6 Å². The lowest BCUT2D eigenvalue weighted by molar-refractivity contribution is 0.902. The van der Waals surface area contributed by atoms with Gasteiger partial charge in [0, 0.05) is 6.21 Å². The smallest absolute Gasteiger partial charge is 0.168 e. The summed E-state index contributed by atoms with van der Waals surface area (Å²) in [5, 5.41) is 11.7. The Morgan fingerprint density at radius 2 is 2.23 bits per heavy atom. The molecule has 5 heteroatoms. The Labute approximate surface area is 82.0 Å². The number of hydrogen-bond donors (Lipinski definition) is 1. The van der Waals surface area contributed by atoms with Gasteiger partial charge in [-0.2, -0.15) is 5.10 Å². The highest BCUT2D eigenvalue weighted by molar-refractivity contribution is 6.29. The number of hydrazone groups is 1. The first kappa shape index (κ1) is 9.92. The van der Waals surface area contributed by atoms with Crippen LogP contribution in [0.5, 0.6) is 0 Å². The fourth-order valence-electron chi connectivity index (χ4n) is 0.628. The van der Waals surface area contributed by atoms with Crippen molar-refractivity contribution in [2.75, 3.05) is 5.43 Å². The van der Waals surface area contributed by atoms with Gasteiger partial charge in [0.2, 0.25) is 0 Å². The lowest BCUT2D eigenvalue weighted by Gasteiger charge is -1.97. The third kappa shape index (κ3) is 3.85. The zero-order chi connectivity index (χ0) is 9.68. The van der Waals surface area contributed by atoms with Gasteiger partial charge in [0.1, 0.15) is 0 Å². The molecular weight excluding hydrogens is 188 g/mol. The quantitative estimate of drug-likeness (QED) is 0.598. The van der Waals surface area contributed by atoms with E-state index in [2.05, 4.69) is 20.7 Å². The molecular formula is C8H11ClN4. The van der Waals surface area contributed by atoms with E-state index >= 15 is 0 Å². The van der Waals surface area contributed by atoms with Gasteiger partial charge in [0.05, 0.1) is 0 Å². The molecule has 0 aliphatic heterocycles. The molecule has 0 saturated carbocycles. The van der Waals surface area contributed by atoms with Gasteiger partial charge < -0.3 is 0 Å². The average Bonchev–Trinajstić information content (AvgIpc) is 2.08. The van der Waals surface area contributed by atoms with Crippen LogP contribution in [0.25, 0.3) is 0 Å². The maximum absolute atomic E-state index is 5.56. The Morgan fingerprint density at radius 3 is 2.77 bits per heavy atom. The molecule has 1 aromatic heterocycles. The molecule has 0 amide bonds. The molecule has 0 spiro atoms. The van der Waals surface area contributed by atoms with E-state index < -0.39 is 0 Å². The molecule has 70 valence electrons. The van der Waals surface area contributed by atoms with Gasteiger partial charge in [0.25, 0.3) is 0 Å². The van der Waals surface area contributed by atoms with Gasteiger partial charge >= 0.3 is 0 Å². The van der Waals surface area contributed by atoms with Gasteiger partial charge in [-0.3, -0.25) is 5.43 Å². The molecule has 0 bridgehead atoms. The fraction of sp³-hybridized carbons (Fsp3) is 0.375. The molecule has 0 unspecified atom stereocenters. The topological polar surface area (TPSA) is 50.2 Å². The van der Waals surface area contributed by atoms with Crippen molar-refractivity contribution in [1.82, 2.24) is 10.2 Å². The van der Waals surface area contributed by atoms with E-state index in [1.807, 2.05) is 13.8 Å². The molecule has 1 aromatic rings. The molecule has 0 fully saturated rings. The van der Waals surface area contributed by atoms with Crippen molar-refractivity contribution in [2.45, 2.75) is 13.8 Å². The second-order valence-electron chi connectivity index (χ2n) is 2.88. The van der Waals surface area contributed by atoms with Gasteiger partial charge in [-0.1, -0.05) is 25.4 Å². The third-order valence-corrected chi connectivity index (χ3v) is 1.39. The van der Waals surface area contributed by atoms with Gasteiger partial charge in [-0.15, -0.1) is 10.2 Å². The highest BCUT2D eigenvalue weighted by Gasteiger charge is 1.92. The van der Waals surface area contributed by atoms with E-state index in [0.29, 0.717) is 16.9 Å². The zero-order valence-electron chi connectivity index (χ0n) is 7.53. The number of nitrogens with one attached hydrogen (secondary N) is 1. The Balaban J connectivity index is 2.50. The van der Waals surface area contributed by atoms with Crippen LogP contribution in [0.2, 0.25) is 5.15 Å². The third-order valence-electron chi connectivity index (χ3n) is 1.18. The van der Waals surface area contributed by atoms with Crippen molar-refractivity contribution < 1.29 is 0 Å². The molecule has 13 heavy (non-hydrogen) atoms. The summed E-state index contributed by atoms with van der Waals surface area (Å²) in [6, 6.07) is 3.37. The summed E-state index contributed by atoms with van der Waals surface area (Å²) in [5.74, 6) is 0.994. The Bertz CT molecular complexity index is 281. The fourth-order valence-corrected chi connectivity index (χ4v) is 0.729. The summed E-state index contributed by atoms with van der Waals surface area (Å²) in [6.45, 7) is 4.08. The van der Waals surface area contributed by atoms with Crippen LogP contribution in [0.1, 0.15) is 13.8 Å². The summed E-state index contributed by atoms with van der Waals surface area (Å²) in [7, 11) is 0. The highest BCUT2D eigenvalue weighted by Crippen LogP contribution is 2.05. The molecule has 0 aromatic carbocycles. The molecule has 0 aliphatic carbocycles. The molecule has 0 saturated heterocycles. The number of anilines is 1. The number of hydrogen-bond acceptors (Lipinski definition) is 4. The zero-order valence-corrected chi connectivity index (χ0v) is 8.28. The van der Waals surface area contributed by atoms with Crippen LogP contribution in [-0.2, 0) is 0 Å². The van der Waals surface area contributed by atoms with Crippen LogP contribution in [0, 0.1) is 5.92 Å². The van der Waals surface area contributed by atoms with E-state index in [-0.39, 0.29) is 0 Å². The molecule has 1 N–H and O–H groups in total. The van der Waals surface area contributed by atoms with Crippen LogP contribution in [0.3, 0.4) is 0 Å². The molecule has 1 heterocycles.